The molecule has 0 radical (unpaired) electrons. The molecule has 282 valence electrons. The van der Waals surface area contributed by atoms with Crippen LogP contribution in [0.3, 0.4) is 0 Å². The summed E-state index contributed by atoms with van der Waals surface area (Å²) in [5.74, 6) is 2.17. The molecule has 3 heterocycles. The summed E-state index contributed by atoms with van der Waals surface area (Å²) in [6, 6.07) is 33.5. The number of aryl methyl sites for hydroxylation is 1. The van der Waals surface area contributed by atoms with Crippen molar-refractivity contribution in [3.05, 3.63) is 117 Å². The molecule has 0 saturated heterocycles. The van der Waals surface area contributed by atoms with E-state index in [2.05, 4.69) is 190 Å². The first-order chi connectivity index (χ1) is 25.1. The summed E-state index contributed by atoms with van der Waals surface area (Å²) in [4.78, 5) is 5.04. The summed E-state index contributed by atoms with van der Waals surface area (Å²) in [5, 5.41) is 2.34. The van der Waals surface area contributed by atoms with Crippen LogP contribution < -0.4 is 4.74 Å². The van der Waals surface area contributed by atoms with Gasteiger partial charge in [-0.2, -0.15) is 0 Å². The topological polar surface area (TPSA) is 36.9 Å². The van der Waals surface area contributed by atoms with Gasteiger partial charge in [0.05, 0.1) is 0 Å². The maximum atomic E-state index is 6.67. The van der Waals surface area contributed by atoms with Gasteiger partial charge in [-0.1, -0.05) is 68.4 Å². The molecule has 5 nitrogen and oxygen atoms in total. The van der Waals surface area contributed by atoms with Gasteiger partial charge in [0.25, 0.3) is 0 Å². The van der Waals surface area contributed by atoms with Crippen LogP contribution in [0, 0.1) is 21.4 Å². The first kappa shape index (κ1) is 36.7. The van der Waals surface area contributed by atoms with E-state index in [1.54, 1.807) is 0 Å². The van der Waals surface area contributed by atoms with Crippen LogP contribution in [0.5, 0.6) is 11.5 Å². The zero-order chi connectivity index (χ0) is 38.9. The molecule has 0 N–H and O–H groups in total. The molecule has 7 aromatic rings. The first-order valence-electron chi connectivity index (χ1n) is 19.0. The average molecular weight is 896 g/mol. The number of imidazole rings is 1. The average Bonchev–Trinajstić information content (AvgIpc) is 3.60. The summed E-state index contributed by atoms with van der Waals surface area (Å²) in [7, 11) is 2.13. The standard InChI is InChI=1S/C48H52N4O.Pt/c1-44(2,3)30-17-22-38-40(25-30)50(13)29-51(38)32-15-14-16-33(27-32)53-34-18-19-35-36-20-21-37-42(47(9,10)48(11,12)46(37,7)8)43(36)52(39(35)28-34)41-26-31(23-24-49-41)45(4,5)6;/h14-26H,1-13H3;/q-2;. The SMILES string of the molecule is Cn1[c](=[Pt])n(-c2[c-]c(Oc3[c-]c4c(cc3)c3ccc5c(c3n4-c3cc(C(C)(C)C)ccn3)C(C)(C)C(C)(C)C5(C)C)ccc2)c2ccc(C(C)(C)C)cc21. The zero-order valence-electron chi connectivity index (χ0n) is 34.0. The fourth-order valence-corrected chi connectivity index (χ4v) is 9.46. The molecule has 0 aliphatic heterocycles. The molecule has 0 bridgehead atoms. The number of nitrogens with zero attached hydrogens (tertiary/aromatic N) is 4. The molecule has 3 aromatic heterocycles. The predicted molar refractivity (Wildman–Crippen MR) is 219 cm³/mol. The minimum absolute atomic E-state index is 0.00620. The Bertz CT molecular complexity index is 2720. The van der Waals surface area contributed by atoms with Gasteiger partial charge in [-0.15, -0.1) is 0 Å². The van der Waals surface area contributed by atoms with Crippen LogP contribution in [-0.2, 0) is 48.1 Å². The third kappa shape index (κ3) is 5.28. The molecule has 8 rings (SSSR count). The Balaban J connectivity index is 1.31. The predicted octanol–water partition coefficient (Wildman–Crippen LogP) is 12.1. The summed E-state index contributed by atoms with van der Waals surface area (Å²) in [6.07, 6.45) is 1.95. The second kappa shape index (κ2) is 11.9. The molecule has 0 saturated carbocycles. The van der Waals surface area contributed by atoms with E-state index in [9.17, 15) is 0 Å². The van der Waals surface area contributed by atoms with Crippen LogP contribution in [-0.4, -0.2) is 18.7 Å². The third-order valence-corrected chi connectivity index (χ3v) is 14.4. The Labute approximate surface area is 331 Å². The number of pyridine rings is 1. The van der Waals surface area contributed by atoms with E-state index in [-0.39, 0.29) is 27.1 Å². The van der Waals surface area contributed by atoms with Gasteiger partial charge in [-0.3, -0.25) is 0 Å². The molecule has 0 amide bonds. The van der Waals surface area contributed by atoms with Crippen molar-refractivity contribution in [3.8, 4) is 23.0 Å². The summed E-state index contributed by atoms with van der Waals surface area (Å²) >= 11 is 2.41. The molecule has 6 heteroatoms. The fraction of sp³-hybridized carbons (Fsp3) is 0.375. The van der Waals surface area contributed by atoms with Crippen molar-refractivity contribution in [1.82, 2.24) is 18.7 Å². The summed E-state index contributed by atoms with van der Waals surface area (Å²) < 4.78 is 14.6. The van der Waals surface area contributed by atoms with E-state index in [4.69, 9.17) is 9.72 Å². The number of rotatable bonds is 4. The molecule has 0 unspecified atom stereocenters. The van der Waals surface area contributed by atoms with Crippen molar-refractivity contribution in [2.45, 2.75) is 105 Å². The van der Waals surface area contributed by atoms with Crippen LogP contribution in [0.2, 0.25) is 0 Å². The van der Waals surface area contributed by atoms with Crippen molar-refractivity contribution in [1.29, 1.82) is 0 Å². The van der Waals surface area contributed by atoms with Crippen molar-refractivity contribution < 1.29 is 24.1 Å². The number of hydrogen-bond acceptors (Lipinski definition) is 2. The third-order valence-electron chi connectivity index (χ3n) is 13.2. The van der Waals surface area contributed by atoms with E-state index in [1.807, 2.05) is 24.4 Å². The fourth-order valence-electron chi connectivity index (χ4n) is 8.64. The van der Waals surface area contributed by atoms with E-state index in [0.717, 1.165) is 31.7 Å². The molecular weight excluding hydrogens is 844 g/mol. The Morgan fingerprint density at radius 3 is 2.06 bits per heavy atom. The second-order valence-corrected chi connectivity index (χ2v) is 19.9. The molecular formula is C48H52N4OPt-2. The number of fused-ring (bicyclic) bond motifs is 6. The Kier molecular flexibility index (Phi) is 8.09. The van der Waals surface area contributed by atoms with Crippen molar-refractivity contribution >= 4 is 32.8 Å². The van der Waals surface area contributed by atoms with Gasteiger partial charge in [0.15, 0.2) is 0 Å². The molecule has 1 aliphatic rings. The van der Waals surface area contributed by atoms with Crippen molar-refractivity contribution in [2.24, 2.45) is 12.5 Å². The van der Waals surface area contributed by atoms with Gasteiger partial charge >= 0.3 is 220 Å². The van der Waals surface area contributed by atoms with Crippen LogP contribution in [0.1, 0.15) is 105 Å². The van der Waals surface area contributed by atoms with Gasteiger partial charge in [0, 0.05) is 6.20 Å². The quantitative estimate of drug-likeness (QED) is 0.165. The van der Waals surface area contributed by atoms with E-state index < -0.39 is 0 Å². The van der Waals surface area contributed by atoms with Crippen LogP contribution in [0.25, 0.3) is 44.3 Å². The molecule has 54 heavy (non-hydrogen) atoms. The molecule has 0 spiro atoms. The van der Waals surface area contributed by atoms with E-state index in [1.165, 1.54) is 38.7 Å². The Morgan fingerprint density at radius 2 is 1.35 bits per heavy atom. The van der Waals surface area contributed by atoms with Gasteiger partial charge in [0.2, 0.25) is 0 Å². The van der Waals surface area contributed by atoms with Crippen LogP contribution in [0.4, 0.5) is 0 Å². The van der Waals surface area contributed by atoms with Crippen molar-refractivity contribution in [3.63, 3.8) is 0 Å². The summed E-state index contributed by atoms with van der Waals surface area (Å²) in [5.41, 5.74) is 10.6. The normalized spacial score (nSPS) is 16.4. The van der Waals surface area contributed by atoms with Crippen LogP contribution in [0.15, 0.2) is 79.0 Å². The van der Waals surface area contributed by atoms with Gasteiger partial charge < -0.3 is 0 Å². The van der Waals surface area contributed by atoms with Gasteiger partial charge in [-0.25, -0.2) is 0 Å². The van der Waals surface area contributed by atoms with Crippen LogP contribution >= 0.6 is 0 Å². The van der Waals surface area contributed by atoms with Crippen molar-refractivity contribution in [2.75, 3.05) is 0 Å². The minimum atomic E-state index is -0.112. The molecule has 1 aliphatic carbocycles. The Morgan fingerprint density at radius 1 is 0.685 bits per heavy atom. The van der Waals surface area contributed by atoms with E-state index in [0.29, 0.717) is 11.5 Å². The number of aromatic nitrogens is 4. The summed E-state index contributed by atoms with van der Waals surface area (Å²) in [6.45, 7) is 28.0. The van der Waals surface area contributed by atoms with Gasteiger partial charge in [0.1, 0.15) is 0 Å². The Hall–Kier alpha value is -4.21. The second-order valence-electron chi connectivity index (χ2n) is 18.9. The monoisotopic (exact) mass is 895 g/mol. The molecule has 0 atom stereocenters. The number of ether oxygens (including phenoxy) is 1. The number of hydrogen-bond donors (Lipinski definition) is 0. The number of benzene rings is 4. The van der Waals surface area contributed by atoms with Gasteiger partial charge in [-0.05, 0) is 38.9 Å². The maximum absolute atomic E-state index is 6.67. The molecule has 0 fully saturated rings. The first-order valence-corrected chi connectivity index (χ1v) is 20.2. The molecule has 4 aromatic carbocycles. The van der Waals surface area contributed by atoms with E-state index >= 15 is 0 Å². The zero-order valence-corrected chi connectivity index (χ0v) is 36.3.